The van der Waals surface area contributed by atoms with Crippen LogP contribution in [0.25, 0.3) is 11.0 Å². The number of aromatic nitrogens is 2. The minimum atomic E-state index is -0.496. The van der Waals surface area contributed by atoms with E-state index in [1.807, 2.05) is 0 Å². The average Bonchev–Trinajstić information content (AvgIpc) is 2.82. The molecule has 2 amide bonds. The van der Waals surface area contributed by atoms with E-state index in [-0.39, 0.29) is 18.8 Å². The van der Waals surface area contributed by atoms with Crippen LogP contribution in [-0.4, -0.2) is 35.1 Å². The molecule has 8 nitrogen and oxygen atoms in total. The number of fused-ring (bicyclic) bond motifs is 1. The van der Waals surface area contributed by atoms with E-state index in [4.69, 9.17) is 4.74 Å². The van der Waals surface area contributed by atoms with Crippen molar-refractivity contribution in [3.8, 4) is 0 Å². The van der Waals surface area contributed by atoms with Crippen LogP contribution in [0.3, 0.4) is 0 Å². The van der Waals surface area contributed by atoms with E-state index in [0.29, 0.717) is 22.3 Å². The highest BCUT2D eigenvalue weighted by Crippen LogP contribution is 2.14. The van der Waals surface area contributed by atoms with Crippen LogP contribution in [0.15, 0.2) is 35.1 Å². The number of carbonyl (C=O) groups is 2. The molecule has 1 heterocycles. The van der Waals surface area contributed by atoms with E-state index in [1.165, 1.54) is 0 Å². The zero-order valence-corrected chi connectivity index (χ0v) is 12.0. The van der Waals surface area contributed by atoms with Gasteiger partial charge in [0, 0.05) is 11.3 Å². The lowest BCUT2D eigenvalue weighted by molar-refractivity contribution is -0.138. The molecule has 0 bridgehead atoms. The molecule has 0 unspecified atom stereocenters. The summed E-state index contributed by atoms with van der Waals surface area (Å²) in [5.41, 5.74) is 1.77. The fraction of sp³-hybridized carbons (Fsp3) is 0.214. The molecular weight excluding hydrogens is 288 g/mol. The van der Waals surface area contributed by atoms with Gasteiger partial charge in [0.2, 0.25) is 0 Å². The van der Waals surface area contributed by atoms with Gasteiger partial charge in [0.1, 0.15) is 6.61 Å². The molecule has 0 aliphatic heterocycles. The zero-order chi connectivity index (χ0) is 16.1. The van der Waals surface area contributed by atoms with Crippen molar-refractivity contribution < 1.29 is 14.3 Å². The number of ether oxygens (including phenoxy) is 1. The van der Waals surface area contributed by atoms with Gasteiger partial charge >= 0.3 is 17.7 Å². The Bertz CT molecular complexity index is 774. The number of rotatable bonds is 5. The number of H-pyrrole nitrogens is 2. The first kappa shape index (κ1) is 15.4. The summed E-state index contributed by atoms with van der Waals surface area (Å²) in [6, 6.07) is 4.53. The number of benzene rings is 1. The van der Waals surface area contributed by atoms with Crippen molar-refractivity contribution in [2.24, 2.45) is 0 Å². The summed E-state index contributed by atoms with van der Waals surface area (Å²) in [4.78, 5) is 39.1. The number of urea groups is 1. The minimum absolute atomic E-state index is 0.0588. The van der Waals surface area contributed by atoms with Crippen LogP contribution < -0.4 is 16.3 Å². The monoisotopic (exact) mass is 304 g/mol. The molecular formula is C14H16N4O4. The lowest BCUT2D eigenvalue weighted by Gasteiger charge is -2.08. The summed E-state index contributed by atoms with van der Waals surface area (Å²) < 4.78 is 4.84. The van der Waals surface area contributed by atoms with Crippen LogP contribution >= 0.6 is 0 Å². The second-order valence-corrected chi connectivity index (χ2v) is 4.64. The van der Waals surface area contributed by atoms with Gasteiger partial charge in [-0.15, -0.1) is 0 Å². The van der Waals surface area contributed by atoms with E-state index in [9.17, 15) is 14.4 Å². The number of carbonyl (C=O) groups excluding carboxylic acids is 2. The van der Waals surface area contributed by atoms with Gasteiger partial charge in [0.25, 0.3) is 0 Å². The Labute approximate surface area is 125 Å². The maximum Gasteiger partial charge on any atom is 0.333 e. The first-order valence-electron chi connectivity index (χ1n) is 6.55. The van der Waals surface area contributed by atoms with Crippen molar-refractivity contribution in [2.45, 2.75) is 6.92 Å². The number of hydrogen-bond acceptors (Lipinski definition) is 4. The largest absolute Gasteiger partial charge is 0.460 e. The van der Waals surface area contributed by atoms with E-state index in [2.05, 4.69) is 27.2 Å². The quantitative estimate of drug-likeness (QED) is 0.376. The predicted octanol–water partition coefficient (Wildman–Crippen LogP) is 1.10. The Hall–Kier alpha value is -3.03. The van der Waals surface area contributed by atoms with Crippen molar-refractivity contribution in [2.75, 3.05) is 18.5 Å². The van der Waals surface area contributed by atoms with Crippen LogP contribution in [0.4, 0.5) is 10.5 Å². The third-order valence-electron chi connectivity index (χ3n) is 2.74. The van der Waals surface area contributed by atoms with Crippen LogP contribution in [0.2, 0.25) is 0 Å². The summed E-state index contributed by atoms with van der Waals surface area (Å²) in [5, 5.41) is 5.15. The first-order valence-corrected chi connectivity index (χ1v) is 6.55. The van der Waals surface area contributed by atoms with E-state index < -0.39 is 12.0 Å². The Kier molecular flexibility index (Phi) is 4.62. The number of hydrogen-bond donors (Lipinski definition) is 4. The highest BCUT2D eigenvalue weighted by Gasteiger charge is 2.05. The second kappa shape index (κ2) is 6.61. The molecule has 0 atom stereocenters. The molecule has 0 aliphatic rings. The maximum absolute atomic E-state index is 11.7. The molecule has 1 aromatic heterocycles. The number of amides is 2. The van der Waals surface area contributed by atoms with Gasteiger partial charge in [-0.05, 0) is 25.1 Å². The third kappa shape index (κ3) is 3.98. The van der Waals surface area contributed by atoms with Gasteiger partial charge in [0.15, 0.2) is 0 Å². The Balaban J connectivity index is 1.82. The van der Waals surface area contributed by atoms with Crippen molar-refractivity contribution in [3.63, 3.8) is 0 Å². The number of nitrogens with one attached hydrogen (secondary N) is 4. The molecule has 2 rings (SSSR count). The summed E-state index contributed by atoms with van der Waals surface area (Å²) in [6.45, 7) is 5.23. The highest BCUT2D eigenvalue weighted by atomic mass is 16.5. The van der Waals surface area contributed by atoms with E-state index in [0.717, 1.165) is 0 Å². The normalized spacial score (nSPS) is 10.2. The summed E-state index contributed by atoms with van der Waals surface area (Å²) >= 11 is 0. The van der Waals surface area contributed by atoms with Crippen LogP contribution in [0.5, 0.6) is 0 Å². The molecule has 0 saturated carbocycles. The van der Waals surface area contributed by atoms with E-state index in [1.54, 1.807) is 25.1 Å². The van der Waals surface area contributed by atoms with Gasteiger partial charge in [0.05, 0.1) is 17.6 Å². The van der Waals surface area contributed by atoms with Crippen LogP contribution in [0.1, 0.15) is 6.92 Å². The Morgan fingerprint density at radius 1 is 1.27 bits per heavy atom. The van der Waals surface area contributed by atoms with Gasteiger partial charge in [-0.3, -0.25) is 0 Å². The summed E-state index contributed by atoms with van der Waals surface area (Å²) in [7, 11) is 0. The zero-order valence-electron chi connectivity index (χ0n) is 12.0. The summed E-state index contributed by atoms with van der Waals surface area (Å²) in [5.74, 6) is -0.496. The van der Waals surface area contributed by atoms with Crippen molar-refractivity contribution >= 4 is 28.7 Å². The number of anilines is 1. The average molecular weight is 304 g/mol. The minimum Gasteiger partial charge on any atom is -0.460 e. The molecule has 0 aliphatic carbocycles. The molecule has 2 aromatic rings. The standard InChI is InChI=1S/C14H16N4O4/c1-8(2)12(19)22-6-5-15-13(20)16-9-3-4-10-11(7-9)18-14(21)17-10/h3-4,7H,1,5-6H2,2H3,(H2,15,16,20)(H2,17,18,21). The lowest BCUT2D eigenvalue weighted by Crippen LogP contribution is -2.32. The number of imidazole rings is 1. The molecule has 1 aromatic carbocycles. The smallest absolute Gasteiger partial charge is 0.333 e. The molecule has 8 heteroatoms. The van der Waals surface area contributed by atoms with Crippen molar-refractivity contribution in [3.05, 3.63) is 40.8 Å². The topological polar surface area (TPSA) is 116 Å². The van der Waals surface area contributed by atoms with E-state index >= 15 is 0 Å². The van der Waals surface area contributed by atoms with Gasteiger partial charge < -0.3 is 25.3 Å². The maximum atomic E-state index is 11.7. The third-order valence-corrected chi connectivity index (χ3v) is 2.74. The SMILES string of the molecule is C=C(C)C(=O)OCCNC(=O)Nc1ccc2[nH]c(=O)[nH]c2c1. The molecule has 0 spiro atoms. The molecule has 22 heavy (non-hydrogen) atoms. The van der Waals surface area contributed by atoms with Gasteiger partial charge in [-0.1, -0.05) is 6.58 Å². The van der Waals surface area contributed by atoms with Gasteiger partial charge in [-0.2, -0.15) is 0 Å². The fourth-order valence-electron chi connectivity index (χ4n) is 1.72. The highest BCUT2D eigenvalue weighted by molar-refractivity contribution is 5.91. The second-order valence-electron chi connectivity index (χ2n) is 4.64. The predicted molar refractivity (Wildman–Crippen MR) is 81.7 cm³/mol. The molecule has 0 saturated heterocycles. The molecule has 4 N–H and O–H groups in total. The molecule has 116 valence electrons. The van der Waals surface area contributed by atoms with Crippen molar-refractivity contribution in [1.82, 2.24) is 15.3 Å². The first-order chi connectivity index (χ1) is 10.5. The lowest BCUT2D eigenvalue weighted by atomic mass is 10.3. The van der Waals surface area contributed by atoms with Crippen LogP contribution in [-0.2, 0) is 9.53 Å². The summed E-state index contributed by atoms with van der Waals surface area (Å²) in [6.07, 6.45) is 0. The van der Waals surface area contributed by atoms with Crippen molar-refractivity contribution in [1.29, 1.82) is 0 Å². The Morgan fingerprint density at radius 2 is 2.00 bits per heavy atom. The molecule has 0 fully saturated rings. The molecule has 0 radical (unpaired) electrons. The fourth-order valence-corrected chi connectivity index (χ4v) is 1.72. The van der Waals surface area contributed by atoms with Crippen LogP contribution in [0, 0.1) is 0 Å². The number of esters is 1. The van der Waals surface area contributed by atoms with Gasteiger partial charge in [-0.25, -0.2) is 14.4 Å². The Morgan fingerprint density at radius 3 is 2.73 bits per heavy atom. The number of aromatic amines is 2.